The van der Waals surface area contributed by atoms with Crippen molar-refractivity contribution in [2.75, 3.05) is 20.6 Å². The van der Waals surface area contributed by atoms with Crippen LogP contribution in [-0.4, -0.2) is 42.5 Å². The Morgan fingerprint density at radius 2 is 2.11 bits per heavy atom. The molecule has 98 valence electrons. The molecule has 0 spiro atoms. The smallest absolute Gasteiger partial charge is 0.255 e. The second kappa shape index (κ2) is 6.26. The predicted molar refractivity (Wildman–Crippen MR) is 68.8 cm³/mol. The third-order valence-electron chi connectivity index (χ3n) is 2.48. The first-order valence-corrected chi connectivity index (χ1v) is 5.78. The summed E-state index contributed by atoms with van der Waals surface area (Å²) in [5, 5.41) is 12.1. The van der Waals surface area contributed by atoms with Gasteiger partial charge < -0.3 is 15.3 Å². The number of amides is 2. The Morgan fingerprint density at radius 3 is 2.72 bits per heavy atom. The van der Waals surface area contributed by atoms with Gasteiger partial charge in [-0.2, -0.15) is 0 Å². The Kier molecular flexibility index (Phi) is 4.97. The molecule has 0 radical (unpaired) electrons. The summed E-state index contributed by atoms with van der Waals surface area (Å²) >= 11 is 5.89. The molecule has 5 nitrogen and oxygen atoms in total. The standard InChI is InChI=1S/C12H15ClN2O3/c1-14-11(17)5-6-15(2)12(18)9-7-8(16)3-4-10(9)13/h3-4,7,16H,5-6H2,1-2H3,(H,14,17). The van der Waals surface area contributed by atoms with Gasteiger partial charge >= 0.3 is 0 Å². The highest BCUT2D eigenvalue weighted by atomic mass is 35.5. The number of phenolic OH excluding ortho intramolecular Hbond substituents is 1. The molecule has 0 aliphatic carbocycles. The molecule has 2 N–H and O–H groups in total. The van der Waals surface area contributed by atoms with Crippen molar-refractivity contribution in [3.63, 3.8) is 0 Å². The van der Waals surface area contributed by atoms with E-state index in [1.807, 2.05) is 0 Å². The zero-order valence-electron chi connectivity index (χ0n) is 10.2. The molecule has 0 bridgehead atoms. The van der Waals surface area contributed by atoms with Gasteiger partial charge in [0, 0.05) is 27.1 Å². The van der Waals surface area contributed by atoms with Crippen molar-refractivity contribution in [2.24, 2.45) is 0 Å². The second-order valence-corrected chi connectivity index (χ2v) is 4.22. The molecule has 0 heterocycles. The van der Waals surface area contributed by atoms with Gasteiger partial charge in [-0.05, 0) is 18.2 Å². The number of phenols is 1. The summed E-state index contributed by atoms with van der Waals surface area (Å²) in [6, 6.07) is 4.17. The molecule has 0 atom stereocenters. The third kappa shape index (κ3) is 3.63. The third-order valence-corrected chi connectivity index (χ3v) is 2.81. The van der Waals surface area contributed by atoms with Crippen molar-refractivity contribution >= 4 is 23.4 Å². The van der Waals surface area contributed by atoms with Crippen LogP contribution in [0.15, 0.2) is 18.2 Å². The quantitative estimate of drug-likeness (QED) is 0.865. The first-order chi connectivity index (χ1) is 8.45. The first kappa shape index (κ1) is 14.3. The molecule has 1 aromatic rings. The number of nitrogens with one attached hydrogen (secondary N) is 1. The molecular weight excluding hydrogens is 256 g/mol. The van der Waals surface area contributed by atoms with Crippen LogP contribution in [0.5, 0.6) is 5.75 Å². The number of hydrogen-bond acceptors (Lipinski definition) is 3. The van der Waals surface area contributed by atoms with Gasteiger partial charge in [0.1, 0.15) is 5.75 Å². The number of nitrogens with zero attached hydrogens (tertiary/aromatic N) is 1. The Bertz CT molecular complexity index is 463. The number of hydrogen-bond donors (Lipinski definition) is 2. The highest BCUT2D eigenvalue weighted by Crippen LogP contribution is 2.22. The lowest BCUT2D eigenvalue weighted by molar-refractivity contribution is -0.120. The minimum Gasteiger partial charge on any atom is -0.508 e. The minimum atomic E-state index is -0.334. The van der Waals surface area contributed by atoms with E-state index < -0.39 is 0 Å². The molecule has 18 heavy (non-hydrogen) atoms. The molecule has 6 heteroatoms. The lowest BCUT2D eigenvalue weighted by Gasteiger charge is -2.17. The highest BCUT2D eigenvalue weighted by molar-refractivity contribution is 6.33. The normalized spacial score (nSPS) is 9.94. The summed E-state index contributed by atoms with van der Waals surface area (Å²) in [4.78, 5) is 24.5. The Balaban J connectivity index is 2.74. The van der Waals surface area contributed by atoms with Crippen LogP contribution in [-0.2, 0) is 4.79 Å². The van der Waals surface area contributed by atoms with E-state index in [1.165, 1.54) is 30.1 Å². The van der Waals surface area contributed by atoms with E-state index in [9.17, 15) is 14.7 Å². The van der Waals surface area contributed by atoms with E-state index in [0.717, 1.165) is 0 Å². The van der Waals surface area contributed by atoms with E-state index in [0.29, 0.717) is 0 Å². The fourth-order valence-electron chi connectivity index (χ4n) is 1.38. The van der Waals surface area contributed by atoms with E-state index in [1.54, 1.807) is 7.05 Å². The van der Waals surface area contributed by atoms with Gasteiger partial charge in [0.05, 0.1) is 10.6 Å². The second-order valence-electron chi connectivity index (χ2n) is 3.81. The fourth-order valence-corrected chi connectivity index (χ4v) is 1.58. The lowest BCUT2D eigenvalue weighted by Crippen LogP contribution is -2.31. The zero-order chi connectivity index (χ0) is 13.7. The monoisotopic (exact) mass is 270 g/mol. The molecule has 0 aliphatic heterocycles. The Hall–Kier alpha value is -1.75. The van der Waals surface area contributed by atoms with E-state index in [2.05, 4.69) is 5.32 Å². The van der Waals surface area contributed by atoms with Crippen LogP contribution < -0.4 is 5.32 Å². The van der Waals surface area contributed by atoms with Crippen LogP contribution in [0, 0.1) is 0 Å². The van der Waals surface area contributed by atoms with Crippen LogP contribution in [0.25, 0.3) is 0 Å². The van der Waals surface area contributed by atoms with Gasteiger partial charge in [-0.15, -0.1) is 0 Å². The maximum absolute atomic E-state index is 12.0. The van der Waals surface area contributed by atoms with E-state index in [4.69, 9.17) is 11.6 Å². The van der Waals surface area contributed by atoms with Gasteiger partial charge in [-0.3, -0.25) is 9.59 Å². The lowest BCUT2D eigenvalue weighted by atomic mass is 10.2. The zero-order valence-corrected chi connectivity index (χ0v) is 11.0. The van der Waals surface area contributed by atoms with Crippen LogP contribution in [0.4, 0.5) is 0 Å². The van der Waals surface area contributed by atoms with Crippen LogP contribution >= 0.6 is 11.6 Å². The van der Waals surface area contributed by atoms with Crippen molar-refractivity contribution in [2.45, 2.75) is 6.42 Å². The van der Waals surface area contributed by atoms with Crippen LogP contribution in [0.3, 0.4) is 0 Å². The van der Waals surface area contributed by atoms with Crippen molar-refractivity contribution in [1.29, 1.82) is 0 Å². The predicted octanol–water partition coefficient (Wildman–Crippen LogP) is 1.25. The minimum absolute atomic E-state index is 0.0255. The van der Waals surface area contributed by atoms with Crippen molar-refractivity contribution in [3.05, 3.63) is 28.8 Å². The van der Waals surface area contributed by atoms with Gasteiger partial charge in [0.2, 0.25) is 5.91 Å². The van der Waals surface area contributed by atoms with Crippen LogP contribution in [0.2, 0.25) is 5.02 Å². The number of carbonyl (C=O) groups excluding carboxylic acids is 2. The van der Waals surface area contributed by atoms with Gasteiger partial charge in [0.25, 0.3) is 5.91 Å². The highest BCUT2D eigenvalue weighted by Gasteiger charge is 2.16. The van der Waals surface area contributed by atoms with Gasteiger partial charge in [0.15, 0.2) is 0 Å². The maximum atomic E-state index is 12.0. The summed E-state index contributed by atoms with van der Waals surface area (Å²) in [6.45, 7) is 0.282. The van der Waals surface area contributed by atoms with E-state index >= 15 is 0 Å². The molecule has 1 aromatic carbocycles. The van der Waals surface area contributed by atoms with Crippen molar-refractivity contribution < 1.29 is 14.7 Å². The number of aromatic hydroxyl groups is 1. The van der Waals surface area contributed by atoms with Gasteiger partial charge in [-0.1, -0.05) is 11.6 Å². The van der Waals surface area contributed by atoms with Crippen LogP contribution in [0.1, 0.15) is 16.8 Å². The average Bonchev–Trinajstić information content (AvgIpc) is 2.37. The largest absolute Gasteiger partial charge is 0.508 e. The molecule has 0 aromatic heterocycles. The molecular formula is C12H15ClN2O3. The van der Waals surface area contributed by atoms with Crippen molar-refractivity contribution in [1.82, 2.24) is 10.2 Å². The fraction of sp³-hybridized carbons (Fsp3) is 0.333. The topological polar surface area (TPSA) is 69.6 Å². The summed E-state index contributed by atoms with van der Waals surface area (Å²) in [7, 11) is 3.11. The van der Waals surface area contributed by atoms with Crippen molar-refractivity contribution in [3.8, 4) is 5.75 Å². The molecule has 0 fully saturated rings. The first-order valence-electron chi connectivity index (χ1n) is 5.40. The summed E-state index contributed by atoms with van der Waals surface area (Å²) < 4.78 is 0. The summed E-state index contributed by atoms with van der Waals surface area (Å²) in [6.07, 6.45) is 0.217. The molecule has 0 saturated carbocycles. The average molecular weight is 271 g/mol. The molecule has 0 aliphatic rings. The molecule has 0 saturated heterocycles. The Morgan fingerprint density at radius 1 is 1.44 bits per heavy atom. The molecule has 1 rings (SSSR count). The summed E-state index contributed by atoms with van der Waals surface area (Å²) in [5.41, 5.74) is 0.219. The van der Waals surface area contributed by atoms with Gasteiger partial charge in [-0.25, -0.2) is 0 Å². The molecule has 2 amide bonds. The number of rotatable bonds is 4. The molecule has 0 unspecified atom stereocenters. The number of benzene rings is 1. The van der Waals surface area contributed by atoms with E-state index in [-0.39, 0.29) is 41.1 Å². The maximum Gasteiger partial charge on any atom is 0.255 e. The SMILES string of the molecule is CNC(=O)CCN(C)C(=O)c1cc(O)ccc1Cl. The Labute approximate surface area is 110 Å². The summed E-state index contributed by atoms with van der Waals surface area (Å²) in [5.74, 6) is -0.501. The number of carbonyl (C=O) groups is 2. The number of halogens is 1.